The van der Waals surface area contributed by atoms with Crippen LogP contribution in [-0.2, 0) is 0 Å². The van der Waals surface area contributed by atoms with Crippen LogP contribution in [0.4, 0.5) is 11.4 Å². The molecular weight excluding hydrogens is 283 g/mol. The van der Waals surface area contributed by atoms with E-state index in [0.29, 0.717) is 27.0 Å². The van der Waals surface area contributed by atoms with E-state index in [1.165, 1.54) is 0 Å². The van der Waals surface area contributed by atoms with Crippen LogP contribution in [0.15, 0.2) is 36.4 Å². The minimum atomic E-state index is -0.244. The van der Waals surface area contributed by atoms with Crippen LogP contribution in [0, 0.1) is 6.92 Å². The molecule has 0 aliphatic carbocycles. The number of amides is 1. The van der Waals surface area contributed by atoms with Crippen molar-refractivity contribution in [3.05, 3.63) is 57.6 Å². The fourth-order valence-corrected chi connectivity index (χ4v) is 2.15. The minimum Gasteiger partial charge on any atom is -0.398 e. The summed E-state index contributed by atoms with van der Waals surface area (Å²) in [6.45, 7) is 1.88. The normalized spacial score (nSPS) is 10.3. The summed E-state index contributed by atoms with van der Waals surface area (Å²) in [5.74, 6) is -0.244. The first kappa shape index (κ1) is 13.7. The molecule has 0 radical (unpaired) electrons. The van der Waals surface area contributed by atoms with Gasteiger partial charge in [0.25, 0.3) is 5.91 Å². The number of anilines is 2. The van der Waals surface area contributed by atoms with Crippen LogP contribution < -0.4 is 11.1 Å². The zero-order chi connectivity index (χ0) is 14.0. The summed E-state index contributed by atoms with van der Waals surface area (Å²) in [5, 5.41) is 3.67. The lowest BCUT2D eigenvalue weighted by atomic mass is 10.1. The Kier molecular flexibility index (Phi) is 3.98. The number of hydrogen-bond donors (Lipinski definition) is 2. The molecule has 5 heteroatoms. The summed E-state index contributed by atoms with van der Waals surface area (Å²) in [4.78, 5) is 12.1. The first-order valence-electron chi connectivity index (χ1n) is 5.59. The van der Waals surface area contributed by atoms with Crippen LogP contribution in [0.25, 0.3) is 0 Å². The summed E-state index contributed by atoms with van der Waals surface area (Å²) >= 11 is 11.8. The Labute approximate surface area is 121 Å². The molecule has 2 aromatic carbocycles. The van der Waals surface area contributed by atoms with E-state index in [9.17, 15) is 4.79 Å². The molecular formula is C14H12Cl2N2O. The van der Waals surface area contributed by atoms with Gasteiger partial charge >= 0.3 is 0 Å². The van der Waals surface area contributed by atoms with Gasteiger partial charge in [-0.1, -0.05) is 23.2 Å². The second-order valence-electron chi connectivity index (χ2n) is 4.21. The van der Waals surface area contributed by atoms with Crippen LogP contribution in [0.3, 0.4) is 0 Å². The number of aryl methyl sites for hydroxylation is 1. The van der Waals surface area contributed by atoms with Crippen LogP contribution in [0.1, 0.15) is 15.9 Å². The number of carbonyl (C=O) groups excluding carboxylic acids is 1. The topological polar surface area (TPSA) is 55.1 Å². The van der Waals surface area contributed by atoms with Crippen molar-refractivity contribution in [3.63, 3.8) is 0 Å². The zero-order valence-electron chi connectivity index (χ0n) is 10.2. The molecule has 0 bridgehead atoms. The first-order chi connectivity index (χ1) is 8.95. The van der Waals surface area contributed by atoms with E-state index in [1.54, 1.807) is 36.4 Å². The van der Waals surface area contributed by atoms with Gasteiger partial charge in [-0.3, -0.25) is 4.79 Å². The summed E-state index contributed by atoms with van der Waals surface area (Å²) < 4.78 is 0. The Morgan fingerprint density at radius 1 is 1.16 bits per heavy atom. The SMILES string of the molecule is Cc1cc(Cl)cc(C(=O)Nc2ccc(N)c(Cl)c2)c1. The van der Waals surface area contributed by atoms with Crippen LogP contribution in [-0.4, -0.2) is 5.91 Å². The van der Waals surface area contributed by atoms with E-state index >= 15 is 0 Å². The monoisotopic (exact) mass is 294 g/mol. The van der Waals surface area contributed by atoms with Gasteiger partial charge in [0, 0.05) is 16.3 Å². The maximum atomic E-state index is 12.1. The third-order valence-corrected chi connectivity index (χ3v) is 3.11. The zero-order valence-corrected chi connectivity index (χ0v) is 11.7. The predicted octanol–water partition coefficient (Wildman–Crippen LogP) is 4.14. The van der Waals surface area contributed by atoms with Crippen molar-refractivity contribution < 1.29 is 4.79 Å². The summed E-state index contributed by atoms with van der Waals surface area (Å²) in [6.07, 6.45) is 0. The summed E-state index contributed by atoms with van der Waals surface area (Å²) in [7, 11) is 0. The molecule has 1 amide bonds. The highest BCUT2D eigenvalue weighted by atomic mass is 35.5. The van der Waals surface area contributed by atoms with Crippen molar-refractivity contribution in [1.29, 1.82) is 0 Å². The average Bonchev–Trinajstić information content (AvgIpc) is 2.32. The number of rotatable bonds is 2. The number of benzene rings is 2. The van der Waals surface area contributed by atoms with Crippen molar-refractivity contribution in [2.75, 3.05) is 11.1 Å². The second kappa shape index (κ2) is 5.51. The van der Waals surface area contributed by atoms with Gasteiger partial charge in [0.1, 0.15) is 0 Å². The molecule has 0 heterocycles. The molecule has 0 unspecified atom stereocenters. The van der Waals surface area contributed by atoms with E-state index in [-0.39, 0.29) is 5.91 Å². The summed E-state index contributed by atoms with van der Waals surface area (Å²) in [5.41, 5.74) is 8.09. The molecule has 0 aliphatic heterocycles. The molecule has 19 heavy (non-hydrogen) atoms. The lowest BCUT2D eigenvalue weighted by Crippen LogP contribution is -2.12. The third-order valence-electron chi connectivity index (χ3n) is 2.56. The van der Waals surface area contributed by atoms with Gasteiger partial charge in [-0.15, -0.1) is 0 Å². The Morgan fingerprint density at radius 2 is 1.89 bits per heavy atom. The van der Waals surface area contributed by atoms with Gasteiger partial charge in [0.2, 0.25) is 0 Å². The molecule has 0 aromatic heterocycles. The van der Waals surface area contributed by atoms with Crippen molar-refractivity contribution in [2.24, 2.45) is 0 Å². The molecule has 0 aliphatic rings. The number of nitrogen functional groups attached to an aromatic ring is 1. The molecule has 3 N–H and O–H groups in total. The largest absolute Gasteiger partial charge is 0.398 e. The van der Waals surface area contributed by atoms with Crippen molar-refractivity contribution >= 4 is 40.5 Å². The second-order valence-corrected chi connectivity index (χ2v) is 5.05. The van der Waals surface area contributed by atoms with Crippen LogP contribution in [0.5, 0.6) is 0 Å². The molecule has 2 rings (SSSR count). The molecule has 0 fully saturated rings. The Bertz CT molecular complexity index is 621. The smallest absolute Gasteiger partial charge is 0.255 e. The van der Waals surface area contributed by atoms with Gasteiger partial charge < -0.3 is 11.1 Å². The Balaban J connectivity index is 2.22. The highest BCUT2D eigenvalue weighted by Gasteiger charge is 2.08. The maximum absolute atomic E-state index is 12.1. The Hall–Kier alpha value is -1.71. The fraction of sp³-hybridized carbons (Fsp3) is 0.0714. The van der Waals surface area contributed by atoms with E-state index in [1.807, 2.05) is 6.92 Å². The molecule has 0 atom stereocenters. The number of hydrogen-bond acceptors (Lipinski definition) is 2. The van der Waals surface area contributed by atoms with E-state index in [0.717, 1.165) is 5.56 Å². The lowest BCUT2D eigenvalue weighted by Gasteiger charge is -2.08. The number of carbonyl (C=O) groups is 1. The van der Waals surface area contributed by atoms with Gasteiger partial charge in [-0.25, -0.2) is 0 Å². The maximum Gasteiger partial charge on any atom is 0.255 e. The highest BCUT2D eigenvalue weighted by Crippen LogP contribution is 2.23. The summed E-state index contributed by atoms with van der Waals surface area (Å²) in [6, 6.07) is 10.1. The standard InChI is InChI=1S/C14H12Cl2N2O/c1-8-4-9(6-10(15)5-8)14(19)18-11-2-3-13(17)12(16)7-11/h2-7H,17H2,1H3,(H,18,19). The van der Waals surface area contributed by atoms with E-state index in [2.05, 4.69) is 5.32 Å². The molecule has 98 valence electrons. The predicted molar refractivity (Wildman–Crippen MR) is 80.0 cm³/mol. The molecule has 3 nitrogen and oxygen atoms in total. The lowest BCUT2D eigenvalue weighted by molar-refractivity contribution is 0.102. The van der Waals surface area contributed by atoms with Crippen LogP contribution in [0.2, 0.25) is 10.0 Å². The molecule has 0 spiro atoms. The van der Waals surface area contributed by atoms with E-state index in [4.69, 9.17) is 28.9 Å². The van der Waals surface area contributed by atoms with Gasteiger partial charge in [-0.2, -0.15) is 0 Å². The van der Waals surface area contributed by atoms with Crippen LogP contribution >= 0.6 is 23.2 Å². The quantitative estimate of drug-likeness (QED) is 0.818. The number of nitrogens with one attached hydrogen (secondary N) is 1. The highest BCUT2D eigenvalue weighted by molar-refractivity contribution is 6.33. The number of halogens is 2. The molecule has 0 saturated carbocycles. The Morgan fingerprint density at radius 3 is 2.53 bits per heavy atom. The van der Waals surface area contributed by atoms with E-state index < -0.39 is 0 Å². The molecule has 0 saturated heterocycles. The third kappa shape index (κ3) is 3.40. The first-order valence-corrected chi connectivity index (χ1v) is 6.35. The minimum absolute atomic E-state index is 0.244. The van der Waals surface area contributed by atoms with Crippen molar-refractivity contribution in [3.8, 4) is 0 Å². The van der Waals surface area contributed by atoms with Crippen molar-refractivity contribution in [1.82, 2.24) is 0 Å². The van der Waals surface area contributed by atoms with Gasteiger partial charge in [0.05, 0.1) is 10.7 Å². The van der Waals surface area contributed by atoms with Crippen molar-refractivity contribution in [2.45, 2.75) is 6.92 Å². The number of nitrogens with two attached hydrogens (primary N) is 1. The van der Waals surface area contributed by atoms with Gasteiger partial charge in [0.15, 0.2) is 0 Å². The molecule has 2 aromatic rings. The van der Waals surface area contributed by atoms with Gasteiger partial charge in [-0.05, 0) is 48.9 Å². The fourth-order valence-electron chi connectivity index (χ4n) is 1.68. The average molecular weight is 295 g/mol.